The summed E-state index contributed by atoms with van der Waals surface area (Å²) >= 11 is 7.43. The number of halogens is 1. The normalized spacial score (nSPS) is 11.6. The van der Waals surface area contributed by atoms with Crippen LogP contribution in [0.1, 0.15) is 25.8 Å². The molecule has 0 spiro atoms. The molecule has 2 aromatic carbocycles. The summed E-state index contributed by atoms with van der Waals surface area (Å²) in [5, 5.41) is 3.51. The molecule has 1 amide bonds. The van der Waals surface area contributed by atoms with E-state index in [-0.39, 0.29) is 23.4 Å². The summed E-state index contributed by atoms with van der Waals surface area (Å²) in [6, 6.07) is 13.9. The zero-order valence-electron chi connectivity index (χ0n) is 15.2. The van der Waals surface area contributed by atoms with Crippen molar-refractivity contribution in [3.63, 3.8) is 0 Å². The van der Waals surface area contributed by atoms with Gasteiger partial charge in [-0.25, -0.2) is 13.1 Å². The fraction of sp³-hybridized carbons (Fsp3) is 0.316. The fourth-order valence-corrected chi connectivity index (χ4v) is 4.58. The topological polar surface area (TPSA) is 75.3 Å². The first-order valence-electron chi connectivity index (χ1n) is 8.52. The smallest absolute Gasteiger partial charge is 0.240 e. The zero-order chi connectivity index (χ0) is 19.9. The van der Waals surface area contributed by atoms with Gasteiger partial charge in [0.25, 0.3) is 0 Å². The van der Waals surface area contributed by atoms with E-state index in [4.69, 9.17) is 11.6 Å². The molecule has 0 saturated carbocycles. The van der Waals surface area contributed by atoms with Gasteiger partial charge in [0.05, 0.1) is 4.90 Å². The quantitative estimate of drug-likeness (QED) is 0.597. The molecule has 146 valence electrons. The molecule has 0 aromatic heterocycles. The van der Waals surface area contributed by atoms with E-state index in [0.717, 1.165) is 10.5 Å². The van der Waals surface area contributed by atoms with Crippen molar-refractivity contribution >= 4 is 39.3 Å². The lowest BCUT2D eigenvalue weighted by Gasteiger charge is -2.11. The number of nitrogens with one attached hydrogen (secondary N) is 2. The van der Waals surface area contributed by atoms with Crippen LogP contribution in [-0.2, 0) is 21.4 Å². The van der Waals surface area contributed by atoms with Gasteiger partial charge in [0.2, 0.25) is 15.9 Å². The number of sulfonamides is 1. The Morgan fingerprint density at radius 2 is 1.85 bits per heavy atom. The predicted molar refractivity (Wildman–Crippen MR) is 111 cm³/mol. The molecular formula is C19H23ClN2O3S2. The Kier molecular flexibility index (Phi) is 8.16. The van der Waals surface area contributed by atoms with Gasteiger partial charge in [-0.2, -0.15) is 0 Å². The van der Waals surface area contributed by atoms with Crippen LogP contribution in [0.2, 0.25) is 5.02 Å². The number of benzene rings is 2. The molecule has 5 nitrogen and oxygen atoms in total. The summed E-state index contributed by atoms with van der Waals surface area (Å²) in [5.74, 6) is 0.574. The van der Waals surface area contributed by atoms with Crippen molar-refractivity contribution in [2.75, 3.05) is 5.75 Å². The molecule has 2 N–H and O–H groups in total. The first kappa shape index (κ1) is 21.8. The third kappa shape index (κ3) is 7.54. The van der Waals surface area contributed by atoms with Gasteiger partial charge in [-0.15, -0.1) is 11.8 Å². The van der Waals surface area contributed by atoms with Crippen LogP contribution in [0.5, 0.6) is 0 Å². The number of hydrogen-bond acceptors (Lipinski definition) is 4. The molecule has 0 aliphatic carbocycles. The van der Waals surface area contributed by atoms with Crippen molar-refractivity contribution in [1.82, 2.24) is 10.0 Å². The molecule has 0 fully saturated rings. The Balaban J connectivity index is 1.82. The molecule has 0 radical (unpaired) electrons. The summed E-state index contributed by atoms with van der Waals surface area (Å²) < 4.78 is 27.0. The monoisotopic (exact) mass is 426 g/mol. The Bertz CT molecular complexity index is 869. The minimum absolute atomic E-state index is 0.0787. The van der Waals surface area contributed by atoms with Crippen molar-refractivity contribution in [2.45, 2.75) is 42.6 Å². The summed E-state index contributed by atoms with van der Waals surface area (Å²) in [6.45, 7) is 3.82. The van der Waals surface area contributed by atoms with E-state index in [1.807, 2.05) is 24.3 Å². The lowest BCUT2D eigenvalue weighted by molar-refractivity contribution is -0.120. The second-order valence-electron chi connectivity index (χ2n) is 6.25. The van der Waals surface area contributed by atoms with Gasteiger partial charge in [-0.1, -0.05) is 23.7 Å². The SMILES string of the molecule is CC(C)NS(=O)(=O)c1cccc(CNC(=O)CCSc2ccc(Cl)cc2)c1. The third-order valence-electron chi connectivity index (χ3n) is 3.50. The summed E-state index contributed by atoms with van der Waals surface area (Å²) in [4.78, 5) is 13.3. The maximum absolute atomic E-state index is 12.2. The van der Waals surface area contributed by atoms with Crippen LogP contribution >= 0.6 is 23.4 Å². The molecule has 0 heterocycles. The van der Waals surface area contributed by atoms with E-state index in [9.17, 15) is 13.2 Å². The number of hydrogen-bond donors (Lipinski definition) is 2. The van der Waals surface area contributed by atoms with E-state index < -0.39 is 10.0 Å². The van der Waals surface area contributed by atoms with Crippen molar-refractivity contribution in [3.05, 3.63) is 59.1 Å². The van der Waals surface area contributed by atoms with Crippen LogP contribution in [0, 0.1) is 0 Å². The highest BCUT2D eigenvalue weighted by Crippen LogP contribution is 2.20. The minimum atomic E-state index is -3.54. The Morgan fingerprint density at radius 3 is 2.52 bits per heavy atom. The summed E-state index contributed by atoms with van der Waals surface area (Å²) in [7, 11) is -3.54. The second-order valence-corrected chi connectivity index (χ2v) is 9.57. The van der Waals surface area contributed by atoms with Crippen LogP contribution in [0.3, 0.4) is 0 Å². The Hall–Kier alpha value is -1.54. The van der Waals surface area contributed by atoms with Gasteiger partial charge in [-0.05, 0) is 55.8 Å². The highest BCUT2D eigenvalue weighted by molar-refractivity contribution is 7.99. The van der Waals surface area contributed by atoms with Gasteiger partial charge in [0.1, 0.15) is 0 Å². The third-order valence-corrected chi connectivity index (χ3v) is 6.42. The van der Waals surface area contributed by atoms with Gasteiger partial charge in [0.15, 0.2) is 0 Å². The number of thioether (sulfide) groups is 1. The zero-order valence-corrected chi connectivity index (χ0v) is 17.6. The molecule has 0 unspecified atom stereocenters. The lowest BCUT2D eigenvalue weighted by Crippen LogP contribution is -2.30. The number of carbonyl (C=O) groups is 1. The molecule has 0 atom stereocenters. The first-order valence-corrected chi connectivity index (χ1v) is 11.4. The first-order chi connectivity index (χ1) is 12.8. The molecule has 0 aliphatic rings. The molecule has 0 aliphatic heterocycles. The van der Waals surface area contributed by atoms with E-state index in [0.29, 0.717) is 17.2 Å². The lowest BCUT2D eigenvalue weighted by atomic mass is 10.2. The van der Waals surface area contributed by atoms with Crippen molar-refractivity contribution in [3.8, 4) is 0 Å². The molecule has 27 heavy (non-hydrogen) atoms. The average Bonchev–Trinajstić information content (AvgIpc) is 2.61. The average molecular weight is 427 g/mol. The van der Waals surface area contributed by atoms with Gasteiger partial charge < -0.3 is 5.32 Å². The number of carbonyl (C=O) groups excluding carboxylic acids is 1. The summed E-state index contributed by atoms with van der Waals surface area (Å²) in [5.41, 5.74) is 0.736. The maximum Gasteiger partial charge on any atom is 0.240 e. The van der Waals surface area contributed by atoms with E-state index in [1.165, 1.54) is 0 Å². The second kappa shape index (κ2) is 10.1. The van der Waals surface area contributed by atoms with Gasteiger partial charge in [0, 0.05) is 34.7 Å². The molecule has 0 saturated heterocycles. The molecule has 8 heteroatoms. The van der Waals surface area contributed by atoms with Crippen molar-refractivity contribution in [1.29, 1.82) is 0 Å². The van der Waals surface area contributed by atoms with Crippen LogP contribution in [-0.4, -0.2) is 26.1 Å². The van der Waals surface area contributed by atoms with E-state index in [1.54, 1.807) is 49.9 Å². The minimum Gasteiger partial charge on any atom is -0.352 e. The number of rotatable bonds is 9. The molecular weight excluding hydrogens is 404 g/mol. The fourth-order valence-electron chi connectivity index (χ4n) is 2.28. The standard InChI is InChI=1S/C19H23ClN2O3S2/c1-14(2)22-27(24,25)18-5-3-4-15(12-18)13-21-19(23)10-11-26-17-8-6-16(20)7-9-17/h3-9,12,14,22H,10-11,13H2,1-2H3,(H,21,23). The van der Waals surface area contributed by atoms with E-state index in [2.05, 4.69) is 10.0 Å². The van der Waals surface area contributed by atoms with E-state index >= 15 is 0 Å². The van der Waals surface area contributed by atoms with Crippen molar-refractivity contribution in [2.24, 2.45) is 0 Å². The number of amides is 1. The van der Waals surface area contributed by atoms with Crippen LogP contribution in [0.15, 0.2) is 58.3 Å². The van der Waals surface area contributed by atoms with Crippen molar-refractivity contribution < 1.29 is 13.2 Å². The van der Waals surface area contributed by atoms with Gasteiger partial charge >= 0.3 is 0 Å². The predicted octanol–water partition coefficient (Wildman–Crippen LogP) is 3.83. The van der Waals surface area contributed by atoms with Gasteiger partial charge in [-0.3, -0.25) is 4.79 Å². The van der Waals surface area contributed by atoms with Crippen LogP contribution < -0.4 is 10.0 Å². The maximum atomic E-state index is 12.2. The van der Waals surface area contributed by atoms with Crippen LogP contribution in [0.4, 0.5) is 0 Å². The Labute approximate surface area is 169 Å². The molecule has 2 rings (SSSR count). The highest BCUT2D eigenvalue weighted by atomic mass is 35.5. The highest BCUT2D eigenvalue weighted by Gasteiger charge is 2.15. The Morgan fingerprint density at radius 1 is 1.15 bits per heavy atom. The molecule has 0 bridgehead atoms. The van der Waals surface area contributed by atoms with Crippen LogP contribution in [0.25, 0.3) is 0 Å². The largest absolute Gasteiger partial charge is 0.352 e. The summed E-state index contributed by atoms with van der Waals surface area (Å²) in [6.07, 6.45) is 0.375. The molecule has 2 aromatic rings.